The predicted molar refractivity (Wildman–Crippen MR) is 74.6 cm³/mol. The zero-order valence-corrected chi connectivity index (χ0v) is 11.4. The molecule has 0 aromatic heterocycles. The van der Waals surface area contributed by atoms with Crippen molar-refractivity contribution in [3.63, 3.8) is 0 Å². The second-order valence-electron chi connectivity index (χ2n) is 3.99. The summed E-state index contributed by atoms with van der Waals surface area (Å²) < 4.78 is 45.0. The number of benzene rings is 2. The van der Waals surface area contributed by atoms with Gasteiger partial charge in [0.25, 0.3) is 10.0 Å². The van der Waals surface area contributed by atoms with Gasteiger partial charge in [-0.25, -0.2) is 12.8 Å². The number of nitrogens with one attached hydrogen (secondary N) is 1. The van der Waals surface area contributed by atoms with Crippen LogP contribution < -0.4 is 15.2 Å². The molecule has 0 atom stereocenters. The van der Waals surface area contributed by atoms with E-state index in [0.717, 1.165) is 6.07 Å². The van der Waals surface area contributed by atoms with Crippen LogP contribution in [0.25, 0.3) is 0 Å². The molecule has 0 spiro atoms. The van der Waals surface area contributed by atoms with Crippen LogP contribution in [-0.2, 0) is 10.0 Å². The molecule has 0 aliphatic carbocycles. The number of nitrogens with two attached hydrogens (primary N) is 1. The maximum atomic E-state index is 13.3. The van der Waals surface area contributed by atoms with Crippen molar-refractivity contribution in [2.75, 3.05) is 17.6 Å². The molecular formula is C13H13FN2O3S. The lowest BCUT2D eigenvalue weighted by Gasteiger charge is -2.11. The minimum absolute atomic E-state index is 0.299. The van der Waals surface area contributed by atoms with Gasteiger partial charge in [-0.15, -0.1) is 0 Å². The molecular weight excluding hydrogens is 283 g/mol. The second-order valence-corrected chi connectivity index (χ2v) is 5.64. The molecule has 2 aromatic carbocycles. The molecule has 0 fully saturated rings. The van der Waals surface area contributed by atoms with E-state index in [1.165, 1.54) is 25.3 Å². The molecule has 106 valence electrons. The smallest absolute Gasteiger partial charge is 0.264 e. The fourth-order valence-corrected chi connectivity index (χ4v) is 2.84. The summed E-state index contributed by atoms with van der Waals surface area (Å²) in [5.41, 5.74) is 5.34. The number of rotatable bonds is 4. The molecule has 0 radical (unpaired) electrons. The van der Waals surface area contributed by atoms with Gasteiger partial charge in [-0.05, 0) is 24.3 Å². The fourth-order valence-electron chi connectivity index (χ4n) is 1.65. The normalized spacial score (nSPS) is 11.1. The van der Waals surface area contributed by atoms with Crippen LogP contribution in [0.15, 0.2) is 47.4 Å². The SMILES string of the molecule is COc1cccc(NS(=O)(=O)c2cccc(F)c2N)c1. The number of para-hydroxylation sites is 1. The molecule has 0 saturated carbocycles. The molecule has 0 aliphatic heterocycles. The summed E-state index contributed by atoms with van der Waals surface area (Å²) in [4.78, 5) is -0.305. The van der Waals surface area contributed by atoms with Gasteiger partial charge in [-0.3, -0.25) is 4.72 Å². The third-order valence-electron chi connectivity index (χ3n) is 2.62. The average Bonchev–Trinajstić information content (AvgIpc) is 2.41. The largest absolute Gasteiger partial charge is 0.497 e. The summed E-state index contributed by atoms with van der Waals surface area (Å²) in [6, 6.07) is 9.98. The first kappa shape index (κ1) is 14.1. The Kier molecular flexibility index (Phi) is 3.80. The first-order valence-electron chi connectivity index (χ1n) is 5.65. The molecule has 0 amide bonds. The number of halogens is 1. The Morgan fingerprint density at radius 3 is 2.60 bits per heavy atom. The van der Waals surface area contributed by atoms with Crippen molar-refractivity contribution in [1.29, 1.82) is 0 Å². The average molecular weight is 296 g/mol. The highest BCUT2D eigenvalue weighted by Crippen LogP contribution is 2.25. The van der Waals surface area contributed by atoms with Gasteiger partial charge in [-0.2, -0.15) is 0 Å². The van der Waals surface area contributed by atoms with Gasteiger partial charge in [-0.1, -0.05) is 12.1 Å². The van der Waals surface area contributed by atoms with Crippen LogP contribution in [0.2, 0.25) is 0 Å². The number of methoxy groups -OCH3 is 1. The number of nitrogen functional groups attached to an aromatic ring is 1. The van der Waals surface area contributed by atoms with Crippen LogP contribution in [0.4, 0.5) is 15.8 Å². The van der Waals surface area contributed by atoms with E-state index in [4.69, 9.17) is 10.5 Å². The standard InChI is InChI=1S/C13H13FN2O3S/c1-19-10-5-2-4-9(8-10)16-20(17,18)12-7-3-6-11(14)13(12)15/h2-8,16H,15H2,1H3. The minimum Gasteiger partial charge on any atom is -0.497 e. The van der Waals surface area contributed by atoms with Crippen LogP contribution in [0, 0.1) is 5.82 Å². The van der Waals surface area contributed by atoms with Crippen molar-refractivity contribution in [2.24, 2.45) is 0 Å². The highest BCUT2D eigenvalue weighted by atomic mass is 32.2. The lowest BCUT2D eigenvalue weighted by Crippen LogP contribution is -2.15. The van der Waals surface area contributed by atoms with Crippen LogP contribution in [0.1, 0.15) is 0 Å². The third-order valence-corrected chi connectivity index (χ3v) is 4.06. The van der Waals surface area contributed by atoms with Crippen molar-refractivity contribution >= 4 is 21.4 Å². The van der Waals surface area contributed by atoms with Crippen LogP contribution in [0.5, 0.6) is 5.75 Å². The molecule has 0 aliphatic rings. The van der Waals surface area contributed by atoms with E-state index in [2.05, 4.69) is 4.72 Å². The van der Waals surface area contributed by atoms with Crippen LogP contribution >= 0.6 is 0 Å². The topological polar surface area (TPSA) is 81.4 Å². The molecule has 0 unspecified atom stereocenters. The highest BCUT2D eigenvalue weighted by molar-refractivity contribution is 7.92. The first-order valence-corrected chi connectivity index (χ1v) is 7.13. The zero-order valence-electron chi connectivity index (χ0n) is 10.6. The Labute approximate surface area is 116 Å². The molecule has 3 N–H and O–H groups in total. The number of anilines is 2. The molecule has 0 heterocycles. The van der Waals surface area contributed by atoms with E-state index >= 15 is 0 Å². The Morgan fingerprint density at radius 2 is 1.90 bits per heavy atom. The molecule has 7 heteroatoms. The van der Waals surface area contributed by atoms with Crippen molar-refractivity contribution in [3.05, 3.63) is 48.3 Å². The van der Waals surface area contributed by atoms with Crippen LogP contribution in [0.3, 0.4) is 0 Å². The Morgan fingerprint density at radius 1 is 1.20 bits per heavy atom. The summed E-state index contributed by atoms with van der Waals surface area (Å²) in [6.45, 7) is 0. The van der Waals surface area contributed by atoms with Crippen molar-refractivity contribution < 1.29 is 17.5 Å². The molecule has 0 bridgehead atoms. The van der Waals surface area contributed by atoms with E-state index in [1.54, 1.807) is 18.2 Å². The maximum Gasteiger partial charge on any atom is 0.264 e. The van der Waals surface area contributed by atoms with Gasteiger partial charge < -0.3 is 10.5 Å². The monoisotopic (exact) mass is 296 g/mol. The molecule has 2 rings (SSSR count). The first-order chi connectivity index (χ1) is 9.44. The van der Waals surface area contributed by atoms with E-state index in [9.17, 15) is 12.8 Å². The summed E-state index contributed by atoms with van der Waals surface area (Å²) >= 11 is 0. The number of hydrogen-bond acceptors (Lipinski definition) is 4. The van der Waals surface area contributed by atoms with Crippen molar-refractivity contribution in [1.82, 2.24) is 0 Å². The lowest BCUT2D eigenvalue weighted by atomic mass is 10.3. The Balaban J connectivity index is 2.38. The fraction of sp³-hybridized carbons (Fsp3) is 0.0769. The van der Waals surface area contributed by atoms with E-state index in [1.807, 2.05) is 0 Å². The van der Waals surface area contributed by atoms with Gasteiger partial charge in [0.1, 0.15) is 16.5 Å². The van der Waals surface area contributed by atoms with Gasteiger partial charge in [0, 0.05) is 6.07 Å². The number of hydrogen-bond donors (Lipinski definition) is 2. The van der Waals surface area contributed by atoms with E-state index < -0.39 is 21.5 Å². The van der Waals surface area contributed by atoms with Gasteiger partial charge in [0.2, 0.25) is 0 Å². The lowest BCUT2D eigenvalue weighted by molar-refractivity contribution is 0.415. The number of sulfonamides is 1. The van der Waals surface area contributed by atoms with Crippen molar-refractivity contribution in [3.8, 4) is 5.75 Å². The maximum absolute atomic E-state index is 13.3. The molecule has 5 nitrogen and oxygen atoms in total. The summed E-state index contributed by atoms with van der Waals surface area (Å²) in [6.07, 6.45) is 0. The van der Waals surface area contributed by atoms with E-state index in [0.29, 0.717) is 11.4 Å². The summed E-state index contributed by atoms with van der Waals surface area (Å²) in [5, 5.41) is 0. The molecule has 20 heavy (non-hydrogen) atoms. The molecule has 0 saturated heterocycles. The summed E-state index contributed by atoms with van der Waals surface area (Å²) in [5.74, 6) is -0.282. The van der Waals surface area contributed by atoms with Crippen LogP contribution in [-0.4, -0.2) is 15.5 Å². The Hall–Kier alpha value is -2.28. The summed E-state index contributed by atoms with van der Waals surface area (Å²) in [7, 11) is -2.49. The number of ether oxygens (including phenoxy) is 1. The van der Waals surface area contributed by atoms with Gasteiger partial charge in [0.15, 0.2) is 0 Å². The Bertz CT molecular complexity index is 732. The predicted octanol–water partition coefficient (Wildman–Crippen LogP) is 2.22. The van der Waals surface area contributed by atoms with E-state index in [-0.39, 0.29) is 4.90 Å². The van der Waals surface area contributed by atoms with Crippen molar-refractivity contribution in [2.45, 2.75) is 4.90 Å². The zero-order chi connectivity index (χ0) is 14.8. The second kappa shape index (κ2) is 5.38. The molecule has 2 aromatic rings. The van der Waals surface area contributed by atoms with Gasteiger partial charge >= 0.3 is 0 Å². The highest BCUT2D eigenvalue weighted by Gasteiger charge is 2.19. The third kappa shape index (κ3) is 2.83. The quantitative estimate of drug-likeness (QED) is 0.848. The van der Waals surface area contributed by atoms with Gasteiger partial charge in [0.05, 0.1) is 18.5 Å². The minimum atomic E-state index is -3.96.